The molecule has 0 saturated heterocycles. The second-order valence-corrected chi connectivity index (χ2v) is 6.35. The summed E-state index contributed by atoms with van der Waals surface area (Å²) < 4.78 is 1.10. The van der Waals surface area contributed by atoms with Gasteiger partial charge in [0.2, 0.25) is 5.91 Å². The summed E-state index contributed by atoms with van der Waals surface area (Å²) in [5.74, 6) is -1.33. The highest BCUT2D eigenvalue weighted by atomic mass is 16.4. The SMILES string of the molecule is O=C(O)CCCNC(=O)C(Cc1ccccc1)n1nnc2ccccc2c1=O. The van der Waals surface area contributed by atoms with Crippen LogP contribution in [0.2, 0.25) is 0 Å². The van der Waals surface area contributed by atoms with Gasteiger partial charge in [-0.05, 0) is 24.1 Å². The van der Waals surface area contributed by atoms with E-state index in [9.17, 15) is 14.4 Å². The van der Waals surface area contributed by atoms with Crippen molar-refractivity contribution in [3.8, 4) is 0 Å². The maximum absolute atomic E-state index is 12.9. The molecule has 1 atom stereocenters. The Morgan fingerprint density at radius 2 is 1.79 bits per heavy atom. The van der Waals surface area contributed by atoms with Crippen LogP contribution in [0.15, 0.2) is 59.4 Å². The number of hydrogen-bond acceptors (Lipinski definition) is 5. The Bertz CT molecular complexity index is 1030. The number of carbonyl (C=O) groups is 2. The predicted octanol–water partition coefficient (Wildman–Crippen LogP) is 1.56. The van der Waals surface area contributed by atoms with Gasteiger partial charge >= 0.3 is 5.97 Å². The van der Waals surface area contributed by atoms with Crippen molar-refractivity contribution in [2.24, 2.45) is 0 Å². The first kappa shape index (κ1) is 19.2. The molecule has 0 bridgehead atoms. The standard InChI is InChI=1S/C20H20N4O4/c25-18(26)11-6-12-21-19(27)17(13-14-7-2-1-3-8-14)24-20(28)15-9-4-5-10-16(15)22-23-24/h1-5,7-10,17H,6,11-13H2,(H,21,27)(H,25,26). The van der Waals surface area contributed by atoms with Crippen LogP contribution < -0.4 is 10.9 Å². The molecule has 0 aliphatic heterocycles. The fourth-order valence-corrected chi connectivity index (χ4v) is 2.90. The first-order valence-corrected chi connectivity index (χ1v) is 8.94. The lowest BCUT2D eigenvalue weighted by Crippen LogP contribution is -2.40. The summed E-state index contributed by atoms with van der Waals surface area (Å²) >= 11 is 0. The number of rotatable bonds is 8. The second kappa shape index (κ2) is 8.90. The monoisotopic (exact) mass is 380 g/mol. The Kier molecular flexibility index (Phi) is 6.11. The average Bonchev–Trinajstić information content (AvgIpc) is 2.71. The first-order valence-electron chi connectivity index (χ1n) is 8.94. The second-order valence-electron chi connectivity index (χ2n) is 6.35. The van der Waals surface area contributed by atoms with E-state index in [4.69, 9.17) is 5.11 Å². The summed E-state index contributed by atoms with van der Waals surface area (Å²) in [7, 11) is 0. The fraction of sp³-hybridized carbons (Fsp3) is 0.250. The molecule has 1 amide bonds. The van der Waals surface area contributed by atoms with E-state index in [0.717, 1.165) is 10.2 Å². The van der Waals surface area contributed by atoms with Gasteiger partial charge in [0.1, 0.15) is 11.6 Å². The van der Waals surface area contributed by atoms with Crippen molar-refractivity contribution < 1.29 is 14.7 Å². The summed E-state index contributed by atoms with van der Waals surface area (Å²) in [6, 6.07) is 15.2. The molecule has 3 aromatic rings. The fourth-order valence-electron chi connectivity index (χ4n) is 2.90. The van der Waals surface area contributed by atoms with Crippen molar-refractivity contribution in [2.75, 3.05) is 6.54 Å². The van der Waals surface area contributed by atoms with E-state index >= 15 is 0 Å². The summed E-state index contributed by atoms with van der Waals surface area (Å²) in [4.78, 5) is 36.3. The van der Waals surface area contributed by atoms with E-state index in [1.807, 2.05) is 30.3 Å². The zero-order valence-corrected chi connectivity index (χ0v) is 15.1. The molecule has 0 radical (unpaired) electrons. The minimum atomic E-state index is -0.924. The number of carboxylic acid groups (broad SMARTS) is 1. The summed E-state index contributed by atoms with van der Waals surface area (Å²) in [6.45, 7) is 0.201. The summed E-state index contributed by atoms with van der Waals surface area (Å²) in [5.41, 5.74) is 0.936. The van der Waals surface area contributed by atoms with E-state index < -0.39 is 23.5 Å². The van der Waals surface area contributed by atoms with E-state index in [1.54, 1.807) is 24.3 Å². The highest BCUT2D eigenvalue weighted by Crippen LogP contribution is 2.14. The van der Waals surface area contributed by atoms with E-state index in [-0.39, 0.29) is 19.4 Å². The molecule has 0 spiro atoms. The molecule has 8 nitrogen and oxygen atoms in total. The van der Waals surface area contributed by atoms with Crippen molar-refractivity contribution in [3.05, 3.63) is 70.5 Å². The molecule has 8 heteroatoms. The van der Waals surface area contributed by atoms with Crippen molar-refractivity contribution >= 4 is 22.8 Å². The molecule has 0 aliphatic rings. The van der Waals surface area contributed by atoms with E-state index in [0.29, 0.717) is 17.3 Å². The largest absolute Gasteiger partial charge is 0.481 e. The quantitative estimate of drug-likeness (QED) is 0.573. The van der Waals surface area contributed by atoms with Crippen LogP contribution >= 0.6 is 0 Å². The van der Waals surface area contributed by atoms with E-state index in [1.165, 1.54) is 0 Å². The molecule has 0 fully saturated rings. The van der Waals surface area contributed by atoms with Crippen molar-refractivity contribution in [1.82, 2.24) is 20.3 Å². The number of aromatic nitrogens is 3. The topological polar surface area (TPSA) is 114 Å². The molecule has 3 rings (SSSR count). The smallest absolute Gasteiger partial charge is 0.303 e. The highest BCUT2D eigenvalue weighted by Gasteiger charge is 2.24. The van der Waals surface area contributed by atoms with Crippen molar-refractivity contribution in [2.45, 2.75) is 25.3 Å². The number of hydrogen-bond donors (Lipinski definition) is 2. The van der Waals surface area contributed by atoms with Crippen LogP contribution in [0.25, 0.3) is 10.9 Å². The van der Waals surface area contributed by atoms with Gasteiger partial charge in [0.05, 0.1) is 5.39 Å². The third-order valence-electron chi connectivity index (χ3n) is 4.33. The minimum absolute atomic E-state index is 0.0423. The van der Waals surface area contributed by atoms with Gasteiger partial charge < -0.3 is 10.4 Å². The lowest BCUT2D eigenvalue weighted by Gasteiger charge is -2.18. The Morgan fingerprint density at radius 1 is 1.07 bits per heavy atom. The van der Waals surface area contributed by atoms with Gasteiger partial charge in [0.15, 0.2) is 0 Å². The maximum atomic E-state index is 12.9. The molecule has 0 saturated carbocycles. The molecular weight excluding hydrogens is 360 g/mol. The number of amides is 1. The van der Waals surface area contributed by atoms with Crippen LogP contribution in [0.4, 0.5) is 0 Å². The number of aliphatic carboxylic acids is 1. The lowest BCUT2D eigenvalue weighted by molar-refractivity contribution is -0.137. The molecule has 1 unspecified atom stereocenters. The highest BCUT2D eigenvalue weighted by molar-refractivity contribution is 5.81. The van der Waals surface area contributed by atoms with Crippen LogP contribution in [0.1, 0.15) is 24.4 Å². The normalized spacial score (nSPS) is 11.9. The number of carbonyl (C=O) groups excluding carboxylic acids is 1. The number of benzene rings is 2. The summed E-state index contributed by atoms with van der Waals surface area (Å²) in [6.07, 6.45) is 0.523. The van der Waals surface area contributed by atoms with Gasteiger partial charge in [-0.15, -0.1) is 5.10 Å². The van der Waals surface area contributed by atoms with Crippen molar-refractivity contribution in [3.63, 3.8) is 0 Å². The predicted molar refractivity (Wildman–Crippen MR) is 103 cm³/mol. The number of carboxylic acids is 1. The molecule has 2 N–H and O–H groups in total. The van der Waals surface area contributed by atoms with Crippen LogP contribution in [0.5, 0.6) is 0 Å². The Morgan fingerprint density at radius 3 is 2.54 bits per heavy atom. The molecule has 2 aromatic carbocycles. The molecule has 0 aliphatic carbocycles. The van der Waals surface area contributed by atoms with Gasteiger partial charge in [0.25, 0.3) is 5.56 Å². The van der Waals surface area contributed by atoms with Gasteiger partial charge in [-0.1, -0.05) is 47.7 Å². The number of nitrogens with one attached hydrogen (secondary N) is 1. The van der Waals surface area contributed by atoms with Crippen LogP contribution in [0, 0.1) is 0 Å². The zero-order valence-electron chi connectivity index (χ0n) is 15.1. The molecule has 1 heterocycles. The van der Waals surface area contributed by atoms with Crippen molar-refractivity contribution in [1.29, 1.82) is 0 Å². The zero-order chi connectivity index (χ0) is 19.9. The van der Waals surface area contributed by atoms with Gasteiger partial charge in [-0.3, -0.25) is 14.4 Å². The van der Waals surface area contributed by atoms with Crippen LogP contribution in [-0.4, -0.2) is 38.5 Å². The third kappa shape index (κ3) is 4.59. The van der Waals surface area contributed by atoms with E-state index in [2.05, 4.69) is 15.6 Å². The van der Waals surface area contributed by atoms with Gasteiger partial charge in [-0.25, -0.2) is 0 Å². The number of fused-ring (bicyclic) bond motifs is 1. The first-order chi connectivity index (χ1) is 13.6. The number of nitrogens with zero attached hydrogens (tertiary/aromatic N) is 3. The molecular formula is C20H20N4O4. The lowest BCUT2D eigenvalue weighted by atomic mass is 10.1. The Labute approximate surface area is 160 Å². The third-order valence-corrected chi connectivity index (χ3v) is 4.33. The van der Waals surface area contributed by atoms with Gasteiger partial charge in [0, 0.05) is 19.4 Å². The molecule has 28 heavy (non-hydrogen) atoms. The average molecular weight is 380 g/mol. The van der Waals surface area contributed by atoms with Crippen LogP contribution in [-0.2, 0) is 16.0 Å². The Hall–Kier alpha value is -3.55. The van der Waals surface area contributed by atoms with Crippen LogP contribution in [0.3, 0.4) is 0 Å². The minimum Gasteiger partial charge on any atom is -0.481 e. The van der Waals surface area contributed by atoms with Gasteiger partial charge in [-0.2, -0.15) is 4.68 Å². The Balaban J connectivity index is 1.90. The molecule has 144 valence electrons. The maximum Gasteiger partial charge on any atom is 0.303 e. The molecule has 1 aromatic heterocycles. The summed E-state index contributed by atoms with van der Waals surface area (Å²) in [5, 5.41) is 19.8.